The Labute approximate surface area is 142 Å². The van der Waals surface area contributed by atoms with E-state index in [0.717, 1.165) is 5.56 Å². The lowest BCUT2D eigenvalue weighted by molar-refractivity contribution is -0.144. The molecule has 0 aromatic heterocycles. The average Bonchev–Trinajstić information content (AvgIpc) is 2.50. The van der Waals surface area contributed by atoms with Crippen LogP contribution in [0.3, 0.4) is 0 Å². The minimum Gasteiger partial charge on any atom is -0.467 e. The maximum absolute atomic E-state index is 12.1. The zero-order valence-corrected chi connectivity index (χ0v) is 14.6. The summed E-state index contributed by atoms with van der Waals surface area (Å²) in [5.41, 5.74) is 0.350. The van der Waals surface area contributed by atoms with Crippen LogP contribution >= 0.6 is 0 Å². The van der Waals surface area contributed by atoms with Gasteiger partial charge in [-0.05, 0) is 32.8 Å². The summed E-state index contributed by atoms with van der Waals surface area (Å²) in [5.74, 6) is -0.806. The van der Waals surface area contributed by atoms with E-state index in [1.165, 1.54) is 7.11 Å². The molecule has 0 radical (unpaired) electrons. The third kappa shape index (κ3) is 7.76. The smallest absolute Gasteiger partial charge is 0.408 e. The van der Waals surface area contributed by atoms with Gasteiger partial charge in [0, 0.05) is 12.8 Å². The number of hydrogen-bond donors (Lipinski definition) is 1. The standard InChI is InChI=1S/C18H25NO5/c1-18(2,3)24-17(22)19-15(16(21)23-4)12-14(20)11-10-13-8-6-5-7-9-13/h5-9,15H,10-12H2,1-4H3,(H,19,22)/t15-/m0/s1. The molecule has 0 heterocycles. The van der Waals surface area contributed by atoms with Crippen LogP contribution in [0.2, 0.25) is 0 Å². The van der Waals surface area contributed by atoms with Gasteiger partial charge in [0.25, 0.3) is 0 Å². The van der Waals surface area contributed by atoms with Crippen LogP contribution < -0.4 is 5.32 Å². The number of nitrogens with one attached hydrogen (secondary N) is 1. The number of aryl methyl sites for hydroxylation is 1. The van der Waals surface area contributed by atoms with Crippen molar-refractivity contribution < 1.29 is 23.9 Å². The number of methoxy groups -OCH3 is 1. The molecule has 1 aromatic carbocycles. The predicted octanol–water partition coefficient (Wildman–Crippen LogP) is 2.64. The molecule has 0 spiro atoms. The Balaban J connectivity index is 2.57. The number of carbonyl (C=O) groups excluding carboxylic acids is 3. The normalized spacial score (nSPS) is 12.2. The number of esters is 1. The van der Waals surface area contributed by atoms with Crippen molar-refractivity contribution in [3.63, 3.8) is 0 Å². The van der Waals surface area contributed by atoms with E-state index in [0.29, 0.717) is 6.42 Å². The van der Waals surface area contributed by atoms with Crippen molar-refractivity contribution in [1.82, 2.24) is 5.32 Å². The lowest BCUT2D eigenvalue weighted by Gasteiger charge is -2.22. The molecule has 132 valence electrons. The molecule has 6 heteroatoms. The summed E-state index contributed by atoms with van der Waals surface area (Å²) in [6, 6.07) is 8.53. The monoisotopic (exact) mass is 335 g/mol. The van der Waals surface area contributed by atoms with Crippen LogP contribution in [0.1, 0.15) is 39.2 Å². The van der Waals surface area contributed by atoms with Crippen LogP contribution in [-0.4, -0.2) is 36.6 Å². The number of amides is 1. The van der Waals surface area contributed by atoms with Gasteiger partial charge in [0.05, 0.1) is 7.11 Å². The third-order valence-corrected chi connectivity index (χ3v) is 3.14. The quantitative estimate of drug-likeness (QED) is 0.775. The van der Waals surface area contributed by atoms with Gasteiger partial charge in [-0.1, -0.05) is 30.3 Å². The van der Waals surface area contributed by atoms with Gasteiger partial charge in [-0.3, -0.25) is 4.79 Å². The fourth-order valence-corrected chi connectivity index (χ4v) is 2.04. The first-order valence-electron chi connectivity index (χ1n) is 7.84. The number of alkyl carbamates (subject to hydrolysis) is 1. The van der Waals surface area contributed by atoms with Gasteiger partial charge in [-0.25, -0.2) is 9.59 Å². The van der Waals surface area contributed by atoms with Gasteiger partial charge in [-0.2, -0.15) is 0 Å². The molecule has 1 atom stereocenters. The molecule has 0 saturated heterocycles. The Morgan fingerprint density at radius 2 is 1.75 bits per heavy atom. The van der Waals surface area contributed by atoms with Crippen molar-refractivity contribution in [2.45, 2.75) is 51.7 Å². The predicted molar refractivity (Wildman–Crippen MR) is 89.6 cm³/mol. The molecule has 24 heavy (non-hydrogen) atoms. The average molecular weight is 335 g/mol. The van der Waals surface area contributed by atoms with Crippen molar-refractivity contribution in [2.24, 2.45) is 0 Å². The number of Topliss-reactive ketones (excluding diaryl/α,β-unsaturated/α-hetero) is 1. The molecule has 1 amide bonds. The topological polar surface area (TPSA) is 81.7 Å². The maximum Gasteiger partial charge on any atom is 0.408 e. The summed E-state index contributed by atoms with van der Waals surface area (Å²) >= 11 is 0. The van der Waals surface area contributed by atoms with E-state index in [1.54, 1.807) is 20.8 Å². The molecular formula is C18H25NO5. The fraction of sp³-hybridized carbons (Fsp3) is 0.500. The summed E-state index contributed by atoms with van der Waals surface area (Å²) in [6.07, 6.45) is -0.0135. The fourth-order valence-electron chi connectivity index (χ4n) is 2.04. The number of ether oxygens (including phenoxy) is 2. The first-order valence-corrected chi connectivity index (χ1v) is 7.84. The van der Waals surface area contributed by atoms with E-state index < -0.39 is 23.7 Å². The van der Waals surface area contributed by atoms with Crippen molar-refractivity contribution in [2.75, 3.05) is 7.11 Å². The summed E-state index contributed by atoms with van der Waals surface area (Å²) in [4.78, 5) is 35.7. The Morgan fingerprint density at radius 3 is 2.29 bits per heavy atom. The first kappa shape index (κ1) is 19.7. The number of carbonyl (C=O) groups is 3. The third-order valence-electron chi connectivity index (χ3n) is 3.14. The zero-order valence-electron chi connectivity index (χ0n) is 14.6. The summed E-state index contributed by atoms with van der Waals surface area (Å²) < 4.78 is 9.75. The number of hydrogen-bond acceptors (Lipinski definition) is 5. The van der Waals surface area contributed by atoms with Crippen LogP contribution in [0, 0.1) is 0 Å². The van der Waals surface area contributed by atoms with Gasteiger partial charge in [0.2, 0.25) is 0 Å². The molecular weight excluding hydrogens is 310 g/mol. The van der Waals surface area contributed by atoms with E-state index in [9.17, 15) is 14.4 Å². The van der Waals surface area contributed by atoms with E-state index in [-0.39, 0.29) is 18.6 Å². The Bertz CT molecular complexity index is 563. The van der Waals surface area contributed by atoms with Gasteiger partial charge in [0.15, 0.2) is 0 Å². The van der Waals surface area contributed by atoms with E-state index in [1.807, 2.05) is 30.3 Å². The molecule has 1 rings (SSSR count). The van der Waals surface area contributed by atoms with Gasteiger partial charge < -0.3 is 14.8 Å². The van der Waals surface area contributed by atoms with Crippen molar-refractivity contribution >= 4 is 17.8 Å². The maximum atomic E-state index is 12.1. The summed E-state index contributed by atoms with van der Waals surface area (Å²) in [6.45, 7) is 5.14. The van der Waals surface area contributed by atoms with Crippen molar-refractivity contribution in [1.29, 1.82) is 0 Å². The molecule has 0 saturated carbocycles. The molecule has 1 N–H and O–H groups in total. The number of ketones is 1. The van der Waals surface area contributed by atoms with Crippen LogP contribution in [0.5, 0.6) is 0 Å². The van der Waals surface area contributed by atoms with Gasteiger partial charge in [-0.15, -0.1) is 0 Å². The second-order valence-corrected chi connectivity index (χ2v) is 6.45. The summed E-state index contributed by atoms with van der Waals surface area (Å²) in [7, 11) is 1.21. The highest BCUT2D eigenvalue weighted by molar-refractivity contribution is 5.89. The van der Waals surface area contributed by atoms with Crippen LogP contribution in [0.4, 0.5) is 4.79 Å². The number of rotatable bonds is 7. The van der Waals surface area contributed by atoms with E-state index >= 15 is 0 Å². The van der Waals surface area contributed by atoms with Crippen LogP contribution in [0.25, 0.3) is 0 Å². The number of benzene rings is 1. The molecule has 0 bridgehead atoms. The second kappa shape index (κ2) is 9.05. The lowest BCUT2D eigenvalue weighted by atomic mass is 10.0. The van der Waals surface area contributed by atoms with E-state index in [4.69, 9.17) is 4.74 Å². The van der Waals surface area contributed by atoms with Crippen molar-refractivity contribution in [3.05, 3.63) is 35.9 Å². The van der Waals surface area contributed by atoms with Crippen LogP contribution in [0.15, 0.2) is 30.3 Å². The Hall–Kier alpha value is -2.37. The zero-order chi connectivity index (χ0) is 18.2. The molecule has 0 fully saturated rings. The van der Waals surface area contributed by atoms with E-state index in [2.05, 4.69) is 10.1 Å². The second-order valence-electron chi connectivity index (χ2n) is 6.45. The highest BCUT2D eigenvalue weighted by Gasteiger charge is 2.27. The first-order chi connectivity index (χ1) is 11.2. The molecule has 0 aliphatic carbocycles. The summed E-state index contributed by atoms with van der Waals surface area (Å²) in [5, 5.41) is 2.40. The molecule has 6 nitrogen and oxygen atoms in total. The lowest BCUT2D eigenvalue weighted by Crippen LogP contribution is -2.45. The van der Waals surface area contributed by atoms with Crippen molar-refractivity contribution in [3.8, 4) is 0 Å². The molecule has 0 unspecified atom stereocenters. The highest BCUT2D eigenvalue weighted by atomic mass is 16.6. The Kier molecular flexibility index (Phi) is 7.42. The molecule has 0 aliphatic heterocycles. The molecule has 0 aliphatic rings. The minimum atomic E-state index is -1.05. The van der Waals surface area contributed by atoms with Gasteiger partial charge in [0.1, 0.15) is 17.4 Å². The van der Waals surface area contributed by atoms with Crippen LogP contribution in [-0.2, 0) is 25.5 Å². The molecule has 1 aromatic rings. The van der Waals surface area contributed by atoms with Gasteiger partial charge >= 0.3 is 12.1 Å². The SMILES string of the molecule is COC(=O)[C@H](CC(=O)CCc1ccccc1)NC(=O)OC(C)(C)C. The highest BCUT2D eigenvalue weighted by Crippen LogP contribution is 2.09. The minimum absolute atomic E-state index is 0.126. The largest absolute Gasteiger partial charge is 0.467 e. The Morgan fingerprint density at radius 1 is 1.12 bits per heavy atom.